The monoisotopic (exact) mass is 576 g/mol. The third-order valence-corrected chi connectivity index (χ3v) is 7.57. The van der Waals surface area contributed by atoms with Crippen molar-refractivity contribution in [3.63, 3.8) is 0 Å². The molecule has 1 aromatic heterocycles. The number of cyclic esters (lactones) is 1. The summed E-state index contributed by atoms with van der Waals surface area (Å²) < 4.78 is 5.47. The number of esters is 1. The predicted molar refractivity (Wildman–Crippen MR) is 158 cm³/mol. The molecule has 39 heavy (non-hydrogen) atoms. The second-order valence-corrected chi connectivity index (χ2v) is 11.1. The number of fused-ring (bicyclic) bond motifs is 2. The molecule has 2 rings (SSSR count). The van der Waals surface area contributed by atoms with Crippen molar-refractivity contribution in [2.45, 2.75) is 83.9 Å². The van der Waals surface area contributed by atoms with Gasteiger partial charge >= 0.3 is 5.97 Å². The largest absolute Gasteiger partial charge is 0.456 e. The molecule has 2 amide bonds. The van der Waals surface area contributed by atoms with Crippen LogP contribution in [0.15, 0.2) is 35.5 Å². The molecule has 0 saturated carbocycles. The molecule has 214 valence electrons. The molecule has 0 radical (unpaired) electrons. The van der Waals surface area contributed by atoms with E-state index in [1.165, 1.54) is 42.8 Å². The van der Waals surface area contributed by atoms with Gasteiger partial charge in [0.15, 0.2) is 5.12 Å². The van der Waals surface area contributed by atoms with E-state index in [4.69, 9.17) is 4.74 Å². The molecule has 0 spiro atoms. The average Bonchev–Trinajstić information content (AvgIpc) is 2.92. The first-order valence-corrected chi connectivity index (χ1v) is 15.7. The van der Waals surface area contributed by atoms with Gasteiger partial charge in [0.25, 0.3) is 0 Å². The molecular formula is C28H40N4O5S2. The number of hydrogen-bond acceptors (Lipinski definition) is 9. The number of hydrogen-bond donors (Lipinski definition) is 2. The van der Waals surface area contributed by atoms with Crippen LogP contribution in [0.1, 0.15) is 76.5 Å². The van der Waals surface area contributed by atoms with Crippen LogP contribution in [-0.4, -0.2) is 63.6 Å². The quantitative estimate of drug-likeness (QED) is 0.241. The number of nitrogens with zero attached hydrogens (tertiary/aromatic N) is 2. The summed E-state index contributed by atoms with van der Waals surface area (Å²) in [5.74, 6) is -0.748. The fourth-order valence-corrected chi connectivity index (χ4v) is 5.13. The Morgan fingerprint density at radius 3 is 2.72 bits per heavy atom. The zero-order chi connectivity index (χ0) is 28.5. The maximum absolute atomic E-state index is 12.6. The highest BCUT2D eigenvalue weighted by molar-refractivity contribution is 8.14. The van der Waals surface area contributed by atoms with Crippen molar-refractivity contribution >= 4 is 51.5 Å². The van der Waals surface area contributed by atoms with Crippen LogP contribution in [0.2, 0.25) is 0 Å². The van der Waals surface area contributed by atoms with E-state index in [-0.39, 0.29) is 30.5 Å². The van der Waals surface area contributed by atoms with Gasteiger partial charge in [0.05, 0.1) is 23.7 Å². The lowest BCUT2D eigenvalue weighted by Crippen LogP contribution is -2.38. The zero-order valence-electron chi connectivity index (χ0n) is 23.1. The molecule has 2 unspecified atom stereocenters. The van der Waals surface area contributed by atoms with E-state index in [0.717, 1.165) is 18.4 Å². The highest BCUT2D eigenvalue weighted by Gasteiger charge is 2.20. The molecule has 0 fully saturated rings. The second-order valence-electron chi connectivity index (χ2n) is 9.18. The molecule has 0 aliphatic carbocycles. The Labute approximate surface area is 239 Å². The number of pyridine rings is 1. The van der Waals surface area contributed by atoms with Gasteiger partial charge in [-0.25, -0.2) is 0 Å². The van der Waals surface area contributed by atoms with Gasteiger partial charge < -0.3 is 15.4 Å². The van der Waals surface area contributed by atoms with Crippen molar-refractivity contribution in [2.24, 2.45) is 4.99 Å². The van der Waals surface area contributed by atoms with E-state index >= 15 is 0 Å². The third-order valence-electron chi connectivity index (χ3n) is 5.87. The summed E-state index contributed by atoms with van der Waals surface area (Å²) in [5, 5.41) is 6.22. The van der Waals surface area contributed by atoms with Crippen LogP contribution in [0.3, 0.4) is 0 Å². The van der Waals surface area contributed by atoms with E-state index < -0.39 is 24.0 Å². The van der Waals surface area contributed by atoms with Crippen molar-refractivity contribution in [3.05, 3.63) is 41.7 Å². The van der Waals surface area contributed by atoms with Crippen LogP contribution >= 0.6 is 23.5 Å². The van der Waals surface area contributed by atoms with Crippen LogP contribution < -0.4 is 10.6 Å². The van der Waals surface area contributed by atoms with Crippen LogP contribution in [0.5, 0.6) is 0 Å². The number of rotatable bonds is 10. The standard InChI is InChI=1S/C28H40N4O5S2/c1-4-5-6-7-8-12-26(35)39-15-10-9-11-23-17-24(33)30-18-22-16-21(13-14-29-22)28(38-3)32-20(2)27(36)31-19-25(34)37-23/h9,11,13-14,16,20,23H,4-8,10,12,15,17-19H2,1-3H3,(H,30,33)(H,31,36)/b11-9+,32-28-. The van der Waals surface area contributed by atoms with Crippen LogP contribution in [0.4, 0.5) is 0 Å². The maximum Gasteiger partial charge on any atom is 0.326 e. The molecule has 1 aliphatic rings. The molecule has 2 atom stereocenters. The summed E-state index contributed by atoms with van der Waals surface area (Å²) >= 11 is 2.70. The lowest BCUT2D eigenvalue weighted by atomic mass is 10.1. The molecule has 11 heteroatoms. The summed E-state index contributed by atoms with van der Waals surface area (Å²) in [4.78, 5) is 58.5. The first-order valence-electron chi connectivity index (χ1n) is 13.5. The highest BCUT2D eigenvalue weighted by Crippen LogP contribution is 2.15. The Morgan fingerprint density at radius 2 is 1.95 bits per heavy atom. The summed E-state index contributed by atoms with van der Waals surface area (Å²) in [6.07, 6.45) is 12.9. The van der Waals surface area contributed by atoms with Crippen LogP contribution in [-0.2, 0) is 30.5 Å². The zero-order valence-corrected chi connectivity index (χ0v) is 24.7. The Morgan fingerprint density at radius 1 is 1.15 bits per heavy atom. The lowest BCUT2D eigenvalue weighted by molar-refractivity contribution is -0.148. The van der Waals surface area contributed by atoms with E-state index in [1.54, 1.807) is 25.3 Å². The first kappa shape index (κ1) is 32.6. The number of allylic oxidation sites excluding steroid dienone is 1. The topological polar surface area (TPSA) is 127 Å². The molecule has 1 aromatic rings. The van der Waals surface area contributed by atoms with Gasteiger partial charge in [-0.3, -0.25) is 29.2 Å². The fraction of sp³-hybridized carbons (Fsp3) is 0.571. The Hall–Kier alpha value is -2.66. The molecule has 2 N–H and O–H groups in total. The van der Waals surface area contributed by atoms with Crippen LogP contribution in [0, 0.1) is 0 Å². The normalized spacial score (nSPS) is 20.6. The van der Waals surface area contributed by atoms with Gasteiger partial charge in [-0.15, -0.1) is 11.8 Å². The number of ether oxygens (including phenoxy) is 1. The number of carbonyl (C=O) groups excluding carboxylic acids is 4. The molecule has 9 nitrogen and oxygen atoms in total. The van der Waals surface area contributed by atoms with Gasteiger partial charge in [-0.05, 0) is 44.2 Å². The fourth-order valence-electron chi connectivity index (χ4n) is 3.73. The number of aliphatic imine (C=N–C) groups is 1. The van der Waals surface area contributed by atoms with E-state index in [0.29, 0.717) is 29.3 Å². The Kier molecular flexibility index (Phi) is 15.5. The molecule has 0 saturated heterocycles. The molecule has 2 bridgehead atoms. The molecular weight excluding hydrogens is 536 g/mol. The summed E-state index contributed by atoms with van der Waals surface area (Å²) in [7, 11) is 0. The van der Waals surface area contributed by atoms with Crippen molar-refractivity contribution < 1.29 is 23.9 Å². The summed E-state index contributed by atoms with van der Waals surface area (Å²) in [6.45, 7) is 3.69. The Balaban J connectivity index is 1.98. The van der Waals surface area contributed by atoms with E-state index in [9.17, 15) is 19.2 Å². The van der Waals surface area contributed by atoms with Gasteiger partial charge in [0.1, 0.15) is 18.7 Å². The van der Waals surface area contributed by atoms with Crippen molar-refractivity contribution in [3.8, 4) is 0 Å². The second kappa shape index (κ2) is 18.6. The number of nitrogens with one attached hydrogen (secondary N) is 2. The van der Waals surface area contributed by atoms with Gasteiger partial charge in [-0.2, -0.15) is 0 Å². The smallest absolute Gasteiger partial charge is 0.326 e. The van der Waals surface area contributed by atoms with Gasteiger partial charge in [0, 0.05) is 23.9 Å². The van der Waals surface area contributed by atoms with Crippen LogP contribution in [0.25, 0.3) is 0 Å². The maximum atomic E-state index is 12.6. The summed E-state index contributed by atoms with van der Waals surface area (Å²) in [6, 6.07) is 2.91. The van der Waals surface area contributed by atoms with Crippen molar-refractivity contribution in [2.75, 3.05) is 18.6 Å². The molecule has 1 aliphatic heterocycles. The number of amides is 2. The number of thioether (sulfide) groups is 2. The average molecular weight is 577 g/mol. The highest BCUT2D eigenvalue weighted by atomic mass is 32.2. The summed E-state index contributed by atoms with van der Waals surface area (Å²) in [5.41, 5.74) is 1.43. The number of aromatic nitrogens is 1. The van der Waals surface area contributed by atoms with Gasteiger partial charge in [-0.1, -0.05) is 50.4 Å². The first-order chi connectivity index (χ1) is 18.8. The molecule has 2 heterocycles. The SMILES string of the molecule is CCCCCCCC(=O)SCC/C=C/C1CC(=O)NCc2cc(ccn2)/C(SC)=N/C(C)C(=O)NCC(=O)O1. The lowest BCUT2D eigenvalue weighted by Gasteiger charge is -2.16. The van der Waals surface area contributed by atoms with E-state index in [1.807, 2.05) is 18.4 Å². The predicted octanol–water partition coefficient (Wildman–Crippen LogP) is 4.19. The minimum atomic E-state index is -0.806. The van der Waals surface area contributed by atoms with Crippen molar-refractivity contribution in [1.29, 1.82) is 0 Å². The number of carbonyl (C=O) groups is 4. The number of unbranched alkanes of at least 4 members (excludes halogenated alkanes) is 4. The Bertz CT molecular complexity index is 1030. The van der Waals surface area contributed by atoms with Gasteiger partial charge in [0.2, 0.25) is 11.8 Å². The molecule has 0 aromatic carbocycles. The minimum Gasteiger partial charge on any atom is -0.456 e. The van der Waals surface area contributed by atoms with Crippen molar-refractivity contribution in [1.82, 2.24) is 15.6 Å². The third kappa shape index (κ3) is 13.3. The minimum absolute atomic E-state index is 0.0758. The van der Waals surface area contributed by atoms with E-state index in [2.05, 4.69) is 27.5 Å².